The van der Waals surface area contributed by atoms with E-state index in [2.05, 4.69) is 15.4 Å². The SMILES string of the molecule is CC(C)CNC(=O)CNC(=O)COCC(=O)O. The van der Waals surface area contributed by atoms with Crippen molar-refractivity contribution in [2.24, 2.45) is 5.92 Å². The van der Waals surface area contributed by atoms with E-state index in [4.69, 9.17) is 5.11 Å². The molecule has 17 heavy (non-hydrogen) atoms. The van der Waals surface area contributed by atoms with Gasteiger partial charge in [-0.2, -0.15) is 0 Å². The molecule has 0 aliphatic rings. The quantitative estimate of drug-likeness (QED) is 0.508. The van der Waals surface area contributed by atoms with Crippen molar-refractivity contribution in [3.8, 4) is 0 Å². The van der Waals surface area contributed by atoms with Crippen LogP contribution in [0.5, 0.6) is 0 Å². The van der Waals surface area contributed by atoms with Gasteiger partial charge in [0.25, 0.3) is 0 Å². The Bertz CT molecular complexity index is 278. The van der Waals surface area contributed by atoms with Crippen LogP contribution in [-0.2, 0) is 19.1 Å². The molecule has 0 fully saturated rings. The van der Waals surface area contributed by atoms with Gasteiger partial charge >= 0.3 is 5.97 Å². The van der Waals surface area contributed by atoms with Crippen molar-refractivity contribution in [3.63, 3.8) is 0 Å². The number of carboxylic acids is 1. The molecule has 0 aromatic carbocycles. The lowest BCUT2D eigenvalue weighted by atomic mass is 10.2. The fraction of sp³-hybridized carbons (Fsp3) is 0.700. The van der Waals surface area contributed by atoms with E-state index in [1.165, 1.54) is 0 Å². The minimum atomic E-state index is -1.15. The number of ether oxygens (including phenoxy) is 1. The van der Waals surface area contributed by atoms with Crippen LogP contribution in [0.15, 0.2) is 0 Å². The predicted octanol–water partition coefficient (Wildman–Crippen LogP) is -1.02. The normalized spacial score (nSPS) is 10.1. The first-order chi connectivity index (χ1) is 7.91. The van der Waals surface area contributed by atoms with Gasteiger partial charge in [0.15, 0.2) is 0 Å². The fourth-order valence-corrected chi connectivity index (χ4v) is 0.841. The average molecular weight is 246 g/mol. The van der Waals surface area contributed by atoms with Crippen molar-refractivity contribution >= 4 is 17.8 Å². The van der Waals surface area contributed by atoms with Gasteiger partial charge < -0.3 is 20.5 Å². The molecule has 0 rings (SSSR count). The molecule has 0 radical (unpaired) electrons. The van der Waals surface area contributed by atoms with Gasteiger partial charge in [-0.3, -0.25) is 9.59 Å². The Labute approximate surface area is 99.5 Å². The molecule has 0 atom stereocenters. The molecule has 0 heterocycles. The van der Waals surface area contributed by atoms with E-state index in [-0.39, 0.29) is 19.1 Å². The molecule has 98 valence electrons. The monoisotopic (exact) mass is 246 g/mol. The van der Waals surface area contributed by atoms with Crippen LogP contribution in [-0.4, -0.2) is 49.2 Å². The lowest BCUT2D eigenvalue weighted by molar-refractivity contribution is -0.143. The largest absolute Gasteiger partial charge is 0.480 e. The minimum Gasteiger partial charge on any atom is -0.480 e. The highest BCUT2D eigenvalue weighted by atomic mass is 16.5. The maximum Gasteiger partial charge on any atom is 0.329 e. The van der Waals surface area contributed by atoms with Gasteiger partial charge in [0.2, 0.25) is 11.8 Å². The van der Waals surface area contributed by atoms with E-state index in [0.29, 0.717) is 12.5 Å². The van der Waals surface area contributed by atoms with Crippen LogP contribution in [0.25, 0.3) is 0 Å². The second kappa shape index (κ2) is 8.51. The average Bonchev–Trinajstić information content (AvgIpc) is 2.23. The van der Waals surface area contributed by atoms with E-state index < -0.39 is 18.5 Å². The minimum absolute atomic E-state index is 0.137. The van der Waals surface area contributed by atoms with E-state index in [9.17, 15) is 14.4 Å². The molecule has 0 bridgehead atoms. The maximum atomic E-state index is 11.2. The van der Waals surface area contributed by atoms with Gasteiger partial charge in [-0.1, -0.05) is 13.8 Å². The highest BCUT2D eigenvalue weighted by Gasteiger charge is 2.06. The number of hydrogen-bond acceptors (Lipinski definition) is 4. The lowest BCUT2D eigenvalue weighted by Crippen LogP contribution is -2.39. The summed E-state index contributed by atoms with van der Waals surface area (Å²) in [5.74, 6) is -1.61. The van der Waals surface area contributed by atoms with E-state index in [0.717, 1.165) is 0 Å². The van der Waals surface area contributed by atoms with Crippen molar-refractivity contribution in [1.29, 1.82) is 0 Å². The number of nitrogens with one attached hydrogen (secondary N) is 2. The molecule has 7 heteroatoms. The van der Waals surface area contributed by atoms with Crippen LogP contribution in [0.3, 0.4) is 0 Å². The molecular formula is C10H18N2O5. The van der Waals surface area contributed by atoms with Gasteiger partial charge in [-0.25, -0.2) is 4.79 Å². The third kappa shape index (κ3) is 10.6. The number of aliphatic carboxylic acids is 1. The molecule has 0 aromatic rings. The van der Waals surface area contributed by atoms with Gasteiger partial charge in [-0.15, -0.1) is 0 Å². The second-order valence-corrected chi connectivity index (χ2v) is 3.86. The molecule has 0 saturated carbocycles. The van der Waals surface area contributed by atoms with Gasteiger partial charge in [0.05, 0.1) is 6.54 Å². The zero-order chi connectivity index (χ0) is 13.3. The Balaban J connectivity index is 3.55. The number of rotatable bonds is 8. The zero-order valence-electron chi connectivity index (χ0n) is 9.99. The zero-order valence-corrected chi connectivity index (χ0v) is 9.99. The first-order valence-corrected chi connectivity index (χ1v) is 5.24. The van der Waals surface area contributed by atoms with Crippen molar-refractivity contribution < 1.29 is 24.2 Å². The van der Waals surface area contributed by atoms with Crippen LogP contribution in [0.1, 0.15) is 13.8 Å². The second-order valence-electron chi connectivity index (χ2n) is 3.86. The Morgan fingerprint density at radius 2 is 1.76 bits per heavy atom. The lowest BCUT2D eigenvalue weighted by Gasteiger charge is -2.08. The van der Waals surface area contributed by atoms with Crippen LogP contribution in [0.4, 0.5) is 0 Å². The molecule has 7 nitrogen and oxygen atoms in total. The van der Waals surface area contributed by atoms with Crippen LogP contribution < -0.4 is 10.6 Å². The Kier molecular flexibility index (Phi) is 7.70. The van der Waals surface area contributed by atoms with Gasteiger partial charge in [-0.05, 0) is 5.92 Å². The Morgan fingerprint density at radius 3 is 2.29 bits per heavy atom. The van der Waals surface area contributed by atoms with E-state index in [1.54, 1.807) is 0 Å². The highest BCUT2D eigenvalue weighted by molar-refractivity contribution is 5.85. The molecule has 2 amide bonds. The molecule has 0 aromatic heterocycles. The summed E-state index contributed by atoms with van der Waals surface area (Å²) in [6, 6.07) is 0. The van der Waals surface area contributed by atoms with Crippen molar-refractivity contribution in [1.82, 2.24) is 10.6 Å². The third-order valence-electron chi connectivity index (χ3n) is 1.61. The van der Waals surface area contributed by atoms with Crippen molar-refractivity contribution in [2.45, 2.75) is 13.8 Å². The summed E-state index contributed by atoms with van der Waals surface area (Å²) >= 11 is 0. The first kappa shape index (κ1) is 15.4. The van der Waals surface area contributed by atoms with Gasteiger partial charge in [0.1, 0.15) is 13.2 Å². The summed E-state index contributed by atoms with van der Waals surface area (Å²) < 4.78 is 4.54. The number of carbonyl (C=O) groups is 3. The van der Waals surface area contributed by atoms with Crippen molar-refractivity contribution in [3.05, 3.63) is 0 Å². The molecule has 0 spiro atoms. The molecule has 0 unspecified atom stereocenters. The maximum absolute atomic E-state index is 11.2. The molecular weight excluding hydrogens is 228 g/mol. The molecule has 0 aliphatic heterocycles. The number of amides is 2. The Hall–Kier alpha value is -1.63. The number of hydrogen-bond donors (Lipinski definition) is 3. The fourth-order valence-electron chi connectivity index (χ4n) is 0.841. The Morgan fingerprint density at radius 1 is 1.12 bits per heavy atom. The first-order valence-electron chi connectivity index (χ1n) is 5.24. The number of carbonyl (C=O) groups excluding carboxylic acids is 2. The van der Waals surface area contributed by atoms with E-state index >= 15 is 0 Å². The summed E-state index contributed by atoms with van der Waals surface area (Å²) in [5.41, 5.74) is 0. The summed E-state index contributed by atoms with van der Waals surface area (Å²) in [6.07, 6.45) is 0. The highest BCUT2D eigenvalue weighted by Crippen LogP contribution is 1.86. The van der Waals surface area contributed by atoms with Crippen LogP contribution in [0.2, 0.25) is 0 Å². The molecule has 3 N–H and O–H groups in total. The third-order valence-corrected chi connectivity index (χ3v) is 1.61. The molecule has 0 aliphatic carbocycles. The van der Waals surface area contributed by atoms with Gasteiger partial charge in [0, 0.05) is 6.54 Å². The summed E-state index contributed by atoms with van der Waals surface area (Å²) in [6.45, 7) is 3.42. The van der Waals surface area contributed by atoms with E-state index in [1.807, 2.05) is 13.8 Å². The smallest absolute Gasteiger partial charge is 0.329 e. The molecule has 0 saturated heterocycles. The van der Waals surface area contributed by atoms with Crippen LogP contribution in [0, 0.1) is 5.92 Å². The topological polar surface area (TPSA) is 105 Å². The summed E-state index contributed by atoms with van der Waals surface area (Å²) in [5, 5.41) is 13.2. The van der Waals surface area contributed by atoms with Crippen molar-refractivity contribution in [2.75, 3.05) is 26.3 Å². The number of carboxylic acid groups (broad SMARTS) is 1. The summed E-state index contributed by atoms with van der Waals surface area (Å²) in [7, 11) is 0. The predicted molar refractivity (Wildman–Crippen MR) is 59.3 cm³/mol. The van der Waals surface area contributed by atoms with Crippen LogP contribution >= 0.6 is 0 Å². The summed E-state index contributed by atoms with van der Waals surface area (Å²) in [4.78, 5) is 32.3. The standard InChI is InChI=1S/C10H18N2O5/c1-7(2)3-11-8(13)4-12-9(14)5-17-6-10(15)16/h7H,3-6H2,1-2H3,(H,11,13)(H,12,14)(H,15,16).